The summed E-state index contributed by atoms with van der Waals surface area (Å²) < 4.78 is 0. The Morgan fingerprint density at radius 3 is 2.62 bits per heavy atom. The van der Waals surface area contributed by atoms with Gasteiger partial charge in [0.1, 0.15) is 0 Å². The summed E-state index contributed by atoms with van der Waals surface area (Å²) in [6.45, 7) is 2.71. The molecule has 1 rings (SSSR count). The highest BCUT2D eigenvalue weighted by molar-refractivity contribution is 5.85. The van der Waals surface area contributed by atoms with Gasteiger partial charge in [-0.3, -0.25) is 9.59 Å². The van der Waals surface area contributed by atoms with Gasteiger partial charge in [0.05, 0.1) is 6.54 Å². The number of nitrogens with one attached hydrogen (secondary N) is 2. The average molecular weight is 227 g/mol. The smallest absolute Gasteiger partial charge is 0.239 e. The first-order valence-corrected chi connectivity index (χ1v) is 5.93. The lowest BCUT2D eigenvalue weighted by Crippen LogP contribution is -2.39. The van der Waals surface area contributed by atoms with Crippen LogP contribution in [0.1, 0.15) is 32.6 Å². The van der Waals surface area contributed by atoms with Crippen LogP contribution in [0.25, 0.3) is 0 Å². The van der Waals surface area contributed by atoms with Crippen molar-refractivity contribution in [1.82, 2.24) is 10.6 Å². The van der Waals surface area contributed by atoms with E-state index in [4.69, 9.17) is 5.73 Å². The third-order valence-corrected chi connectivity index (χ3v) is 2.84. The van der Waals surface area contributed by atoms with Crippen molar-refractivity contribution in [2.75, 3.05) is 13.1 Å². The summed E-state index contributed by atoms with van der Waals surface area (Å²) in [4.78, 5) is 22.9. The molecule has 1 fully saturated rings. The van der Waals surface area contributed by atoms with Crippen LogP contribution in [0.3, 0.4) is 0 Å². The Morgan fingerprint density at radius 2 is 2.06 bits per heavy atom. The lowest BCUT2D eigenvalue weighted by Gasteiger charge is -2.10. The number of amides is 2. The van der Waals surface area contributed by atoms with Gasteiger partial charge in [-0.15, -0.1) is 0 Å². The van der Waals surface area contributed by atoms with Crippen LogP contribution in [0.4, 0.5) is 0 Å². The van der Waals surface area contributed by atoms with E-state index < -0.39 is 0 Å². The van der Waals surface area contributed by atoms with E-state index in [2.05, 4.69) is 10.6 Å². The van der Waals surface area contributed by atoms with E-state index in [9.17, 15) is 9.59 Å². The highest BCUT2D eigenvalue weighted by Gasteiger charge is 2.27. The van der Waals surface area contributed by atoms with Gasteiger partial charge in [0, 0.05) is 18.5 Å². The van der Waals surface area contributed by atoms with Crippen molar-refractivity contribution in [3.05, 3.63) is 0 Å². The van der Waals surface area contributed by atoms with Crippen LogP contribution in [-0.4, -0.2) is 30.9 Å². The molecule has 1 saturated carbocycles. The topological polar surface area (TPSA) is 84.2 Å². The van der Waals surface area contributed by atoms with Crippen LogP contribution in [0.2, 0.25) is 0 Å². The number of carbonyl (C=O) groups is 2. The highest BCUT2D eigenvalue weighted by Crippen LogP contribution is 2.23. The van der Waals surface area contributed by atoms with Crippen molar-refractivity contribution in [2.24, 2.45) is 11.7 Å². The van der Waals surface area contributed by atoms with Crippen LogP contribution in [0.15, 0.2) is 0 Å². The lowest BCUT2D eigenvalue weighted by atomic mass is 10.1. The van der Waals surface area contributed by atoms with Crippen LogP contribution < -0.4 is 16.4 Å². The normalized spacial score (nSPS) is 24.1. The summed E-state index contributed by atoms with van der Waals surface area (Å²) >= 11 is 0. The van der Waals surface area contributed by atoms with Crippen LogP contribution in [0.5, 0.6) is 0 Å². The molecule has 0 radical (unpaired) electrons. The minimum atomic E-state index is -0.127. The Hall–Kier alpha value is -1.10. The van der Waals surface area contributed by atoms with Gasteiger partial charge in [0.15, 0.2) is 0 Å². The van der Waals surface area contributed by atoms with Crippen molar-refractivity contribution in [3.63, 3.8) is 0 Å². The van der Waals surface area contributed by atoms with Gasteiger partial charge in [-0.25, -0.2) is 0 Å². The third kappa shape index (κ3) is 4.18. The molecule has 2 unspecified atom stereocenters. The summed E-state index contributed by atoms with van der Waals surface area (Å²) in [5, 5.41) is 5.36. The van der Waals surface area contributed by atoms with E-state index in [-0.39, 0.29) is 30.3 Å². The molecule has 4 N–H and O–H groups in total. The molecule has 2 atom stereocenters. The van der Waals surface area contributed by atoms with Gasteiger partial charge in [0.25, 0.3) is 0 Å². The Kier molecular flexibility index (Phi) is 5.25. The van der Waals surface area contributed by atoms with E-state index in [1.807, 2.05) is 6.92 Å². The maximum Gasteiger partial charge on any atom is 0.239 e. The van der Waals surface area contributed by atoms with Gasteiger partial charge in [0.2, 0.25) is 11.8 Å². The number of nitrogens with two attached hydrogens (primary N) is 1. The zero-order valence-corrected chi connectivity index (χ0v) is 9.79. The summed E-state index contributed by atoms with van der Waals surface area (Å²) in [5.41, 5.74) is 5.73. The Balaban J connectivity index is 2.17. The molecular formula is C11H21N3O2. The van der Waals surface area contributed by atoms with Crippen molar-refractivity contribution in [3.8, 4) is 0 Å². The number of rotatable bonds is 5. The molecule has 0 aromatic carbocycles. The van der Waals surface area contributed by atoms with Crippen LogP contribution in [0, 0.1) is 5.92 Å². The van der Waals surface area contributed by atoms with E-state index in [0.717, 1.165) is 25.7 Å². The molecule has 1 aliphatic rings. The molecule has 0 aromatic heterocycles. The lowest BCUT2D eigenvalue weighted by molar-refractivity contribution is -0.128. The third-order valence-electron chi connectivity index (χ3n) is 2.84. The molecule has 16 heavy (non-hydrogen) atoms. The van der Waals surface area contributed by atoms with Gasteiger partial charge in [-0.05, 0) is 25.7 Å². The first-order chi connectivity index (χ1) is 7.63. The second-order valence-electron chi connectivity index (χ2n) is 4.34. The first-order valence-electron chi connectivity index (χ1n) is 5.93. The van der Waals surface area contributed by atoms with E-state index in [1.165, 1.54) is 0 Å². The van der Waals surface area contributed by atoms with Gasteiger partial charge in [-0.1, -0.05) is 6.92 Å². The molecule has 0 heterocycles. The number of hydrogen-bond donors (Lipinski definition) is 3. The van der Waals surface area contributed by atoms with Gasteiger partial charge < -0.3 is 16.4 Å². The maximum atomic E-state index is 11.6. The van der Waals surface area contributed by atoms with Crippen molar-refractivity contribution < 1.29 is 9.59 Å². The Bertz CT molecular complexity index is 256. The second kappa shape index (κ2) is 6.48. The molecule has 0 saturated heterocycles. The summed E-state index contributed by atoms with van der Waals surface area (Å²) in [5.74, 6) is -0.175. The standard InChI is InChI=1S/C11H21N3O2/c1-2-5-13-10(15)7-14-11(16)8-3-4-9(12)6-8/h8-9H,2-7,12H2,1H3,(H,13,15)(H,14,16). The maximum absolute atomic E-state index is 11.6. The fourth-order valence-electron chi connectivity index (χ4n) is 1.89. The van der Waals surface area contributed by atoms with Crippen molar-refractivity contribution >= 4 is 11.8 Å². The predicted molar refractivity (Wildman–Crippen MR) is 61.6 cm³/mol. The largest absolute Gasteiger partial charge is 0.355 e. The molecule has 5 nitrogen and oxygen atoms in total. The van der Waals surface area contributed by atoms with E-state index in [1.54, 1.807) is 0 Å². The number of hydrogen-bond acceptors (Lipinski definition) is 3. The fourth-order valence-corrected chi connectivity index (χ4v) is 1.89. The monoisotopic (exact) mass is 227 g/mol. The molecular weight excluding hydrogens is 206 g/mol. The fraction of sp³-hybridized carbons (Fsp3) is 0.818. The van der Waals surface area contributed by atoms with Crippen LogP contribution >= 0.6 is 0 Å². The minimum absolute atomic E-state index is 0.00558. The van der Waals surface area contributed by atoms with E-state index in [0.29, 0.717) is 6.54 Å². The summed E-state index contributed by atoms with van der Waals surface area (Å²) in [7, 11) is 0. The molecule has 2 amide bonds. The molecule has 92 valence electrons. The minimum Gasteiger partial charge on any atom is -0.355 e. The SMILES string of the molecule is CCCNC(=O)CNC(=O)C1CCC(N)C1. The summed E-state index contributed by atoms with van der Waals surface area (Å²) in [6.07, 6.45) is 3.38. The molecule has 0 bridgehead atoms. The molecule has 0 aliphatic heterocycles. The molecule has 1 aliphatic carbocycles. The van der Waals surface area contributed by atoms with Crippen LogP contribution in [-0.2, 0) is 9.59 Å². The highest BCUT2D eigenvalue weighted by atomic mass is 16.2. The second-order valence-corrected chi connectivity index (χ2v) is 4.34. The average Bonchev–Trinajstić information content (AvgIpc) is 2.69. The zero-order valence-electron chi connectivity index (χ0n) is 9.79. The quantitative estimate of drug-likeness (QED) is 0.606. The van der Waals surface area contributed by atoms with Crippen molar-refractivity contribution in [1.29, 1.82) is 0 Å². The predicted octanol–water partition coefficient (Wildman–Crippen LogP) is -0.244. The molecule has 0 aromatic rings. The molecule has 0 spiro atoms. The van der Waals surface area contributed by atoms with E-state index >= 15 is 0 Å². The van der Waals surface area contributed by atoms with Gasteiger partial charge >= 0.3 is 0 Å². The summed E-state index contributed by atoms with van der Waals surface area (Å²) in [6, 6.07) is 0.143. The first kappa shape index (κ1) is 13.0. The number of carbonyl (C=O) groups excluding carboxylic acids is 2. The zero-order chi connectivity index (χ0) is 12.0. The molecule has 5 heteroatoms. The van der Waals surface area contributed by atoms with Crippen molar-refractivity contribution in [2.45, 2.75) is 38.6 Å². The Labute approximate surface area is 96.1 Å². The Morgan fingerprint density at radius 1 is 1.31 bits per heavy atom. The van der Waals surface area contributed by atoms with Gasteiger partial charge in [-0.2, -0.15) is 0 Å².